The number of para-hydroxylation sites is 1. The lowest BCUT2D eigenvalue weighted by Crippen LogP contribution is -2.32. The standard InChI is InChI=1S/C23H34N4/c1-2-11-26-14-10-19(18-26)16-24-17-21-15-20-8-4-5-9-22(20)25-23(21)27-12-6-3-7-13-27/h4-5,8-9,15,19,24H,2-3,6-7,10-14,16-18H2,1H3. The summed E-state index contributed by atoms with van der Waals surface area (Å²) < 4.78 is 0. The molecule has 146 valence electrons. The average molecular weight is 367 g/mol. The molecule has 1 N–H and O–H groups in total. The topological polar surface area (TPSA) is 31.4 Å². The van der Waals surface area contributed by atoms with Crippen molar-refractivity contribution in [1.29, 1.82) is 0 Å². The van der Waals surface area contributed by atoms with Gasteiger partial charge in [-0.05, 0) is 69.8 Å². The average Bonchev–Trinajstić information content (AvgIpc) is 3.16. The third-order valence-electron chi connectivity index (χ3n) is 6.09. The van der Waals surface area contributed by atoms with Crippen LogP contribution in [-0.2, 0) is 6.54 Å². The van der Waals surface area contributed by atoms with E-state index < -0.39 is 0 Å². The van der Waals surface area contributed by atoms with Gasteiger partial charge in [0.1, 0.15) is 5.82 Å². The number of nitrogens with zero attached hydrogens (tertiary/aromatic N) is 3. The van der Waals surface area contributed by atoms with Crippen molar-refractivity contribution >= 4 is 16.7 Å². The van der Waals surface area contributed by atoms with Crippen LogP contribution in [0.15, 0.2) is 30.3 Å². The number of pyridine rings is 1. The summed E-state index contributed by atoms with van der Waals surface area (Å²) >= 11 is 0. The smallest absolute Gasteiger partial charge is 0.133 e. The molecule has 1 atom stereocenters. The molecule has 2 fully saturated rings. The zero-order valence-electron chi connectivity index (χ0n) is 16.8. The Hall–Kier alpha value is -1.65. The Labute approximate surface area is 163 Å². The Kier molecular flexibility index (Phi) is 6.25. The first-order chi connectivity index (χ1) is 13.3. The van der Waals surface area contributed by atoms with Gasteiger partial charge in [0.15, 0.2) is 0 Å². The van der Waals surface area contributed by atoms with Gasteiger partial charge in [0.25, 0.3) is 0 Å². The fourth-order valence-corrected chi connectivity index (χ4v) is 4.67. The van der Waals surface area contributed by atoms with Crippen molar-refractivity contribution in [2.75, 3.05) is 44.2 Å². The van der Waals surface area contributed by atoms with Gasteiger partial charge in [-0.1, -0.05) is 25.1 Å². The molecule has 2 aliphatic rings. The highest BCUT2D eigenvalue weighted by Crippen LogP contribution is 2.26. The van der Waals surface area contributed by atoms with Crippen LogP contribution in [0.5, 0.6) is 0 Å². The molecule has 4 nitrogen and oxygen atoms in total. The van der Waals surface area contributed by atoms with Crippen molar-refractivity contribution in [3.63, 3.8) is 0 Å². The van der Waals surface area contributed by atoms with Crippen molar-refractivity contribution in [2.45, 2.75) is 45.6 Å². The van der Waals surface area contributed by atoms with E-state index in [0.29, 0.717) is 0 Å². The number of likely N-dealkylation sites (tertiary alicyclic amines) is 1. The first kappa shape index (κ1) is 18.7. The second-order valence-electron chi connectivity index (χ2n) is 8.30. The molecule has 2 aliphatic heterocycles. The van der Waals surface area contributed by atoms with E-state index in [1.54, 1.807) is 0 Å². The van der Waals surface area contributed by atoms with Crippen LogP contribution < -0.4 is 10.2 Å². The summed E-state index contributed by atoms with van der Waals surface area (Å²) in [6.45, 7) is 10.4. The summed E-state index contributed by atoms with van der Waals surface area (Å²) in [5.41, 5.74) is 2.48. The predicted molar refractivity (Wildman–Crippen MR) is 114 cm³/mol. The zero-order valence-corrected chi connectivity index (χ0v) is 16.8. The van der Waals surface area contributed by atoms with Crippen LogP contribution in [0.1, 0.15) is 44.6 Å². The van der Waals surface area contributed by atoms with Crippen LogP contribution in [0.4, 0.5) is 5.82 Å². The van der Waals surface area contributed by atoms with Crippen LogP contribution in [0.25, 0.3) is 10.9 Å². The van der Waals surface area contributed by atoms with Gasteiger partial charge in [0.05, 0.1) is 5.52 Å². The lowest BCUT2D eigenvalue weighted by Gasteiger charge is -2.30. The quantitative estimate of drug-likeness (QED) is 0.801. The SMILES string of the molecule is CCCN1CCC(CNCc2cc3ccccc3nc2N2CCCCC2)C1. The molecule has 1 aromatic heterocycles. The molecule has 0 spiro atoms. The molecule has 4 rings (SSSR count). The van der Waals surface area contributed by atoms with Crippen molar-refractivity contribution in [3.8, 4) is 0 Å². The minimum Gasteiger partial charge on any atom is -0.356 e. The molecule has 0 amide bonds. The minimum absolute atomic E-state index is 0.795. The van der Waals surface area contributed by atoms with E-state index in [4.69, 9.17) is 4.98 Å². The van der Waals surface area contributed by atoms with Crippen LogP contribution in [0.3, 0.4) is 0 Å². The number of fused-ring (bicyclic) bond motifs is 1. The lowest BCUT2D eigenvalue weighted by atomic mass is 10.1. The Morgan fingerprint density at radius 1 is 1.11 bits per heavy atom. The van der Waals surface area contributed by atoms with E-state index in [9.17, 15) is 0 Å². The maximum atomic E-state index is 5.06. The van der Waals surface area contributed by atoms with Gasteiger partial charge >= 0.3 is 0 Å². The molecule has 2 saturated heterocycles. The highest BCUT2D eigenvalue weighted by atomic mass is 15.2. The van der Waals surface area contributed by atoms with Gasteiger partial charge < -0.3 is 15.1 Å². The maximum absolute atomic E-state index is 5.06. The Morgan fingerprint density at radius 3 is 2.81 bits per heavy atom. The van der Waals surface area contributed by atoms with E-state index in [0.717, 1.165) is 37.6 Å². The van der Waals surface area contributed by atoms with Crippen molar-refractivity contribution in [3.05, 3.63) is 35.9 Å². The fraction of sp³-hybridized carbons (Fsp3) is 0.609. The summed E-state index contributed by atoms with van der Waals surface area (Å²) in [5.74, 6) is 2.00. The highest BCUT2D eigenvalue weighted by molar-refractivity contribution is 5.81. The molecule has 27 heavy (non-hydrogen) atoms. The zero-order chi connectivity index (χ0) is 18.5. The Bertz CT molecular complexity index is 738. The van der Waals surface area contributed by atoms with Crippen molar-refractivity contribution < 1.29 is 0 Å². The maximum Gasteiger partial charge on any atom is 0.133 e. The molecule has 4 heteroatoms. The van der Waals surface area contributed by atoms with E-state index in [1.807, 2.05) is 0 Å². The molecule has 0 aliphatic carbocycles. The Morgan fingerprint density at radius 2 is 1.96 bits per heavy atom. The molecule has 3 heterocycles. The van der Waals surface area contributed by atoms with Crippen LogP contribution in [-0.4, -0.2) is 49.2 Å². The van der Waals surface area contributed by atoms with Gasteiger partial charge in [0, 0.05) is 37.1 Å². The molecule has 0 saturated carbocycles. The second-order valence-corrected chi connectivity index (χ2v) is 8.30. The third-order valence-corrected chi connectivity index (χ3v) is 6.09. The molecule has 2 aromatic rings. The summed E-state index contributed by atoms with van der Waals surface area (Å²) in [7, 11) is 0. The first-order valence-electron chi connectivity index (χ1n) is 10.9. The molecular weight excluding hydrogens is 332 g/mol. The van der Waals surface area contributed by atoms with E-state index in [1.165, 1.54) is 68.5 Å². The largest absolute Gasteiger partial charge is 0.356 e. The summed E-state index contributed by atoms with van der Waals surface area (Å²) in [6.07, 6.45) is 6.53. The van der Waals surface area contributed by atoms with Crippen LogP contribution >= 0.6 is 0 Å². The molecule has 1 unspecified atom stereocenters. The van der Waals surface area contributed by atoms with Gasteiger partial charge in [0.2, 0.25) is 0 Å². The van der Waals surface area contributed by atoms with E-state index in [-0.39, 0.29) is 0 Å². The summed E-state index contributed by atoms with van der Waals surface area (Å²) in [4.78, 5) is 10.2. The first-order valence-corrected chi connectivity index (χ1v) is 10.9. The number of anilines is 1. The molecular formula is C23H34N4. The normalized spacial score (nSPS) is 21.2. The van der Waals surface area contributed by atoms with Crippen molar-refractivity contribution in [1.82, 2.24) is 15.2 Å². The van der Waals surface area contributed by atoms with Crippen LogP contribution in [0.2, 0.25) is 0 Å². The number of piperidine rings is 1. The molecule has 0 radical (unpaired) electrons. The molecule has 0 bridgehead atoms. The van der Waals surface area contributed by atoms with Crippen LogP contribution in [0, 0.1) is 5.92 Å². The Balaban J connectivity index is 1.45. The van der Waals surface area contributed by atoms with Gasteiger partial charge in [-0.15, -0.1) is 0 Å². The fourth-order valence-electron chi connectivity index (χ4n) is 4.67. The van der Waals surface area contributed by atoms with Gasteiger partial charge in [-0.3, -0.25) is 0 Å². The summed E-state index contributed by atoms with van der Waals surface area (Å²) in [5, 5.41) is 5.01. The number of nitrogens with one attached hydrogen (secondary N) is 1. The van der Waals surface area contributed by atoms with E-state index >= 15 is 0 Å². The predicted octanol–water partition coefficient (Wildman–Crippen LogP) is 4.05. The number of hydrogen-bond acceptors (Lipinski definition) is 4. The van der Waals surface area contributed by atoms with Gasteiger partial charge in [-0.25, -0.2) is 4.98 Å². The number of rotatable bonds is 7. The molecule has 1 aromatic carbocycles. The second kappa shape index (κ2) is 9.03. The highest BCUT2D eigenvalue weighted by Gasteiger charge is 2.22. The minimum atomic E-state index is 0.795. The van der Waals surface area contributed by atoms with Crippen molar-refractivity contribution in [2.24, 2.45) is 5.92 Å². The number of aromatic nitrogens is 1. The van der Waals surface area contributed by atoms with Gasteiger partial charge in [-0.2, -0.15) is 0 Å². The van der Waals surface area contributed by atoms with E-state index in [2.05, 4.69) is 52.4 Å². The number of hydrogen-bond donors (Lipinski definition) is 1. The summed E-state index contributed by atoms with van der Waals surface area (Å²) in [6, 6.07) is 10.9. The third kappa shape index (κ3) is 4.61. The number of benzene rings is 1. The lowest BCUT2D eigenvalue weighted by molar-refractivity contribution is 0.322. The monoisotopic (exact) mass is 366 g/mol.